The van der Waals surface area contributed by atoms with Crippen LogP contribution in [0.3, 0.4) is 0 Å². The molecule has 2 aromatic heterocycles. The smallest absolute Gasteiger partial charge is 0.407 e. The van der Waals surface area contributed by atoms with Crippen LogP contribution >= 0.6 is 0 Å². The number of rotatable bonds is 5. The first kappa shape index (κ1) is 25.1. The van der Waals surface area contributed by atoms with Gasteiger partial charge >= 0.3 is 6.09 Å². The van der Waals surface area contributed by atoms with Crippen molar-refractivity contribution in [1.29, 1.82) is 0 Å². The zero-order chi connectivity index (χ0) is 26.9. The van der Waals surface area contributed by atoms with E-state index in [0.29, 0.717) is 67.2 Å². The van der Waals surface area contributed by atoms with Gasteiger partial charge in [-0.2, -0.15) is 5.10 Å². The number of hydrogen-bond donors (Lipinski definition) is 2. The Hall–Kier alpha value is -4.25. The molecule has 11 heteroatoms. The van der Waals surface area contributed by atoms with E-state index in [2.05, 4.69) is 14.9 Å². The van der Waals surface area contributed by atoms with Crippen LogP contribution < -0.4 is 10.5 Å². The van der Waals surface area contributed by atoms with Crippen molar-refractivity contribution < 1.29 is 19.0 Å². The summed E-state index contributed by atoms with van der Waals surface area (Å²) >= 11 is 0. The predicted molar refractivity (Wildman–Crippen MR) is 144 cm³/mol. The Kier molecular flexibility index (Phi) is 6.74. The average molecular weight is 532 g/mol. The Morgan fingerprint density at radius 2 is 1.69 bits per heavy atom. The number of alkyl halides is 1. The van der Waals surface area contributed by atoms with Gasteiger partial charge in [0.05, 0.1) is 11.4 Å². The maximum Gasteiger partial charge on any atom is 0.407 e. The molecule has 0 radical (unpaired) electrons. The van der Waals surface area contributed by atoms with Crippen molar-refractivity contribution in [2.24, 2.45) is 0 Å². The summed E-state index contributed by atoms with van der Waals surface area (Å²) in [7, 11) is 0. The average Bonchev–Trinajstić information content (AvgIpc) is 3.35. The fraction of sp³-hybridized carbons (Fsp3) is 0.357. The minimum absolute atomic E-state index is 0.180. The van der Waals surface area contributed by atoms with E-state index in [9.17, 15) is 9.90 Å². The van der Waals surface area contributed by atoms with Crippen molar-refractivity contribution in [2.45, 2.75) is 37.5 Å². The topological polar surface area (TPSA) is 123 Å². The van der Waals surface area contributed by atoms with Crippen LogP contribution in [0.25, 0.3) is 22.3 Å². The highest BCUT2D eigenvalue weighted by Crippen LogP contribution is 2.36. The van der Waals surface area contributed by atoms with Gasteiger partial charge in [0.2, 0.25) is 0 Å². The third kappa shape index (κ3) is 4.97. The van der Waals surface area contributed by atoms with E-state index in [0.717, 1.165) is 11.3 Å². The van der Waals surface area contributed by atoms with Gasteiger partial charge in [-0.1, -0.05) is 18.2 Å². The van der Waals surface area contributed by atoms with Crippen LogP contribution in [-0.4, -0.2) is 79.1 Å². The van der Waals surface area contributed by atoms with E-state index in [4.69, 9.17) is 15.6 Å². The number of fused-ring (bicyclic) bond motifs is 1. The molecule has 3 N–H and O–H groups in total. The van der Waals surface area contributed by atoms with Crippen LogP contribution in [0.4, 0.5) is 15.0 Å². The maximum atomic E-state index is 15.7. The Labute approximate surface area is 224 Å². The highest BCUT2D eigenvalue weighted by molar-refractivity contribution is 5.98. The number of para-hydroxylation sites is 1. The molecule has 4 heterocycles. The zero-order valence-electron chi connectivity index (χ0n) is 21.4. The van der Waals surface area contributed by atoms with Gasteiger partial charge in [0.25, 0.3) is 0 Å². The summed E-state index contributed by atoms with van der Waals surface area (Å²) < 4.78 is 23.3. The second-order valence-corrected chi connectivity index (χ2v) is 10.1. The van der Waals surface area contributed by atoms with E-state index in [1.807, 2.05) is 54.6 Å². The van der Waals surface area contributed by atoms with E-state index >= 15 is 4.39 Å². The molecule has 0 aliphatic carbocycles. The second kappa shape index (κ2) is 10.5. The zero-order valence-corrected chi connectivity index (χ0v) is 21.4. The van der Waals surface area contributed by atoms with E-state index in [-0.39, 0.29) is 12.6 Å². The van der Waals surface area contributed by atoms with Crippen LogP contribution in [0, 0.1) is 0 Å². The third-order valence-corrected chi connectivity index (χ3v) is 7.73. The molecule has 0 unspecified atom stereocenters. The number of nitrogen functional groups attached to an aromatic ring is 1. The normalized spacial score (nSPS) is 20.8. The number of nitrogens with zero attached hydrogens (tertiary/aromatic N) is 6. The minimum atomic E-state index is -1.16. The van der Waals surface area contributed by atoms with Crippen molar-refractivity contribution in [1.82, 2.24) is 29.5 Å². The first-order valence-electron chi connectivity index (χ1n) is 13.2. The second-order valence-electron chi connectivity index (χ2n) is 10.1. The summed E-state index contributed by atoms with van der Waals surface area (Å²) in [5.41, 5.74) is 8.20. The van der Waals surface area contributed by atoms with E-state index < -0.39 is 18.3 Å². The van der Waals surface area contributed by atoms with Gasteiger partial charge in [-0.25, -0.2) is 23.8 Å². The number of piperidine rings is 2. The molecule has 2 fully saturated rings. The van der Waals surface area contributed by atoms with Gasteiger partial charge in [-0.05, 0) is 55.7 Å². The van der Waals surface area contributed by atoms with Crippen molar-refractivity contribution >= 4 is 22.9 Å². The molecule has 0 saturated carbocycles. The molecule has 39 heavy (non-hydrogen) atoms. The Morgan fingerprint density at radius 1 is 0.974 bits per heavy atom. The highest BCUT2D eigenvalue weighted by Gasteiger charge is 2.37. The molecule has 2 aliphatic heterocycles. The molecule has 2 atom stereocenters. The molecular formula is C28H30FN7O3. The van der Waals surface area contributed by atoms with Crippen molar-refractivity contribution in [3.63, 3.8) is 0 Å². The van der Waals surface area contributed by atoms with Gasteiger partial charge in [0.1, 0.15) is 35.5 Å². The molecule has 0 spiro atoms. The van der Waals surface area contributed by atoms with E-state index in [1.165, 1.54) is 11.2 Å². The number of halogens is 1. The summed E-state index contributed by atoms with van der Waals surface area (Å²) in [6.45, 7) is 1.93. The van der Waals surface area contributed by atoms with Gasteiger partial charge in [0.15, 0.2) is 5.65 Å². The number of amides is 1. The number of anilines is 1. The number of carboxylic acid groups (broad SMARTS) is 1. The van der Waals surface area contributed by atoms with Gasteiger partial charge in [-0.3, -0.25) is 4.90 Å². The lowest BCUT2D eigenvalue weighted by Crippen LogP contribution is -2.52. The lowest BCUT2D eigenvalue weighted by atomic mass is 9.97. The van der Waals surface area contributed by atoms with Gasteiger partial charge in [-0.15, -0.1) is 0 Å². The fourth-order valence-corrected chi connectivity index (χ4v) is 5.68. The Bertz CT molecular complexity index is 1460. The molecule has 202 valence electrons. The first-order chi connectivity index (χ1) is 19.0. The standard InChI is InChI=1S/C28H30FN7O3/c29-22-16-35(19-10-13-34(14-11-19)28(37)38)15-12-23(22)36-27-24(26(30)31-17-32-27)25(33-36)18-6-8-21(9-7-18)39-20-4-2-1-3-5-20/h1-9,17,19,22-23H,10-16H2,(H,37,38)(H2,30,31,32)/t22-,23+/m0/s1. The SMILES string of the molecule is Nc1ncnc2c1c(-c1ccc(Oc3ccccc3)cc1)nn2[C@@H]1CCN(C2CCN(C(=O)O)CC2)C[C@@H]1F. The lowest BCUT2D eigenvalue weighted by Gasteiger charge is -2.42. The molecule has 2 aromatic carbocycles. The van der Waals surface area contributed by atoms with Crippen LogP contribution in [0.1, 0.15) is 25.3 Å². The summed E-state index contributed by atoms with van der Waals surface area (Å²) in [5.74, 6) is 1.72. The number of hydrogen-bond acceptors (Lipinski definition) is 7. The summed E-state index contributed by atoms with van der Waals surface area (Å²) in [4.78, 5) is 23.4. The van der Waals surface area contributed by atoms with Crippen molar-refractivity contribution in [3.8, 4) is 22.8 Å². The number of nitrogens with two attached hydrogens (primary N) is 1. The van der Waals surface area contributed by atoms with Crippen LogP contribution in [0.15, 0.2) is 60.9 Å². The number of likely N-dealkylation sites (tertiary alicyclic amines) is 2. The summed E-state index contributed by atoms with van der Waals surface area (Å²) in [6.07, 6.45) is 1.32. The van der Waals surface area contributed by atoms with Gasteiger partial charge < -0.3 is 20.5 Å². The number of ether oxygens (including phenoxy) is 1. The predicted octanol–water partition coefficient (Wildman–Crippen LogP) is 4.60. The number of aromatic nitrogens is 4. The Morgan fingerprint density at radius 3 is 2.38 bits per heavy atom. The molecule has 2 saturated heterocycles. The molecule has 1 amide bonds. The fourth-order valence-electron chi connectivity index (χ4n) is 5.68. The highest BCUT2D eigenvalue weighted by atomic mass is 19.1. The van der Waals surface area contributed by atoms with Crippen molar-refractivity contribution in [2.75, 3.05) is 31.9 Å². The third-order valence-electron chi connectivity index (χ3n) is 7.73. The molecule has 6 rings (SSSR count). The van der Waals surface area contributed by atoms with E-state index in [1.54, 1.807) is 4.68 Å². The van der Waals surface area contributed by atoms with Crippen LogP contribution in [0.2, 0.25) is 0 Å². The molecule has 2 aliphatic rings. The first-order valence-corrected chi connectivity index (χ1v) is 13.2. The Balaban J connectivity index is 1.23. The monoisotopic (exact) mass is 531 g/mol. The van der Waals surface area contributed by atoms with Crippen LogP contribution in [0.5, 0.6) is 11.5 Å². The number of benzene rings is 2. The number of carbonyl (C=O) groups is 1. The summed E-state index contributed by atoms with van der Waals surface area (Å²) in [6, 6.07) is 16.7. The molecule has 10 nitrogen and oxygen atoms in total. The maximum absolute atomic E-state index is 15.7. The lowest BCUT2D eigenvalue weighted by molar-refractivity contribution is 0.0328. The summed E-state index contributed by atoms with van der Waals surface area (Å²) in [5, 5.41) is 14.7. The van der Waals surface area contributed by atoms with Gasteiger partial charge in [0, 0.05) is 37.8 Å². The molecular weight excluding hydrogens is 501 g/mol. The molecule has 0 bridgehead atoms. The largest absolute Gasteiger partial charge is 0.465 e. The van der Waals surface area contributed by atoms with Crippen molar-refractivity contribution in [3.05, 3.63) is 60.9 Å². The molecule has 4 aromatic rings. The quantitative estimate of drug-likeness (QED) is 0.383. The van der Waals surface area contributed by atoms with Crippen LogP contribution in [-0.2, 0) is 0 Å². The minimum Gasteiger partial charge on any atom is -0.465 e.